The van der Waals surface area contributed by atoms with E-state index in [-0.39, 0.29) is 18.3 Å². The molecule has 3 nitrogen and oxygen atoms in total. The number of thiophene rings is 1. The first-order valence-electron chi connectivity index (χ1n) is 6.29. The molecule has 0 aromatic carbocycles. The highest BCUT2D eigenvalue weighted by Gasteiger charge is 2.37. The van der Waals surface area contributed by atoms with E-state index in [1.807, 2.05) is 12.4 Å². The molecule has 2 rings (SSSR count). The van der Waals surface area contributed by atoms with Gasteiger partial charge in [0.05, 0.1) is 12.1 Å². The lowest BCUT2D eigenvalue weighted by molar-refractivity contribution is -0.137. The van der Waals surface area contributed by atoms with E-state index in [1.54, 1.807) is 16.2 Å². The Bertz CT molecular complexity index is 432. The topological polar surface area (TPSA) is 46.3 Å². The van der Waals surface area contributed by atoms with Crippen molar-refractivity contribution in [3.8, 4) is 0 Å². The van der Waals surface area contributed by atoms with Gasteiger partial charge in [0.25, 0.3) is 0 Å². The lowest BCUT2D eigenvalue weighted by Gasteiger charge is -2.35. The molecule has 0 radical (unpaired) electrons. The Kier molecular flexibility index (Phi) is 6.30. The van der Waals surface area contributed by atoms with Gasteiger partial charge in [0, 0.05) is 21.8 Å². The van der Waals surface area contributed by atoms with Gasteiger partial charge >= 0.3 is 0 Å². The molecule has 0 bridgehead atoms. The van der Waals surface area contributed by atoms with E-state index >= 15 is 0 Å². The van der Waals surface area contributed by atoms with Gasteiger partial charge in [-0.3, -0.25) is 4.79 Å². The first kappa shape index (κ1) is 17.0. The molecule has 1 aromatic heterocycles. The Labute approximate surface area is 133 Å². The number of rotatable bonds is 3. The zero-order chi connectivity index (χ0) is 13.2. The van der Waals surface area contributed by atoms with Crippen molar-refractivity contribution in [3.05, 3.63) is 20.8 Å². The van der Waals surface area contributed by atoms with Crippen molar-refractivity contribution in [3.63, 3.8) is 0 Å². The summed E-state index contributed by atoms with van der Waals surface area (Å²) in [5.74, 6) is 0.0896. The molecule has 0 unspecified atom stereocenters. The molecule has 1 aliphatic carbocycles. The number of hydrogen-bond acceptors (Lipinski definition) is 3. The van der Waals surface area contributed by atoms with E-state index < -0.39 is 5.54 Å². The maximum absolute atomic E-state index is 12.4. The minimum absolute atomic E-state index is 0. The van der Waals surface area contributed by atoms with Crippen molar-refractivity contribution < 1.29 is 4.79 Å². The molecule has 0 atom stereocenters. The third-order valence-electron chi connectivity index (χ3n) is 3.53. The molecule has 1 saturated carbocycles. The summed E-state index contributed by atoms with van der Waals surface area (Å²) in [7, 11) is 1.85. The third kappa shape index (κ3) is 4.18. The van der Waals surface area contributed by atoms with Crippen LogP contribution in [0.3, 0.4) is 0 Å². The van der Waals surface area contributed by atoms with Crippen molar-refractivity contribution in [1.29, 1.82) is 0 Å². The van der Waals surface area contributed by atoms with Gasteiger partial charge in [0.15, 0.2) is 0 Å². The molecular weight excluding hydrogens is 348 g/mol. The van der Waals surface area contributed by atoms with Gasteiger partial charge in [-0.05, 0) is 34.8 Å². The van der Waals surface area contributed by atoms with Crippen LogP contribution in [0.1, 0.15) is 37.0 Å². The summed E-state index contributed by atoms with van der Waals surface area (Å²) < 4.78 is 1.07. The largest absolute Gasteiger partial charge is 0.339 e. The van der Waals surface area contributed by atoms with E-state index in [4.69, 9.17) is 5.73 Å². The van der Waals surface area contributed by atoms with E-state index in [9.17, 15) is 4.79 Å². The summed E-state index contributed by atoms with van der Waals surface area (Å²) >= 11 is 5.09. The van der Waals surface area contributed by atoms with Crippen LogP contribution in [0.25, 0.3) is 0 Å². The van der Waals surface area contributed by atoms with Crippen LogP contribution < -0.4 is 5.73 Å². The van der Waals surface area contributed by atoms with Crippen molar-refractivity contribution in [2.75, 3.05) is 7.05 Å². The van der Waals surface area contributed by atoms with Gasteiger partial charge in [-0.2, -0.15) is 0 Å². The highest BCUT2D eigenvalue weighted by molar-refractivity contribution is 9.10. The molecule has 1 amide bonds. The molecule has 0 saturated heterocycles. The fourth-order valence-corrected chi connectivity index (χ4v) is 4.02. The first-order valence-corrected chi connectivity index (χ1v) is 7.96. The zero-order valence-corrected chi connectivity index (χ0v) is 14.2. The van der Waals surface area contributed by atoms with Gasteiger partial charge in [0.1, 0.15) is 0 Å². The van der Waals surface area contributed by atoms with Gasteiger partial charge in [-0.25, -0.2) is 0 Å². The number of amides is 1. The summed E-state index contributed by atoms with van der Waals surface area (Å²) in [4.78, 5) is 15.4. The highest BCUT2D eigenvalue weighted by atomic mass is 79.9. The maximum atomic E-state index is 12.4. The highest BCUT2D eigenvalue weighted by Crippen LogP contribution is 2.28. The van der Waals surface area contributed by atoms with Crippen molar-refractivity contribution in [2.24, 2.45) is 5.73 Å². The van der Waals surface area contributed by atoms with Crippen molar-refractivity contribution in [1.82, 2.24) is 4.90 Å². The Hall–Kier alpha value is -0.100. The lowest BCUT2D eigenvalue weighted by Crippen LogP contribution is -2.55. The van der Waals surface area contributed by atoms with Gasteiger partial charge < -0.3 is 10.6 Å². The Morgan fingerprint density at radius 3 is 2.63 bits per heavy atom. The maximum Gasteiger partial charge on any atom is 0.242 e. The molecule has 1 fully saturated rings. The summed E-state index contributed by atoms with van der Waals surface area (Å²) in [6.45, 7) is 0.647. The fraction of sp³-hybridized carbons (Fsp3) is 0.615. The standard InChI is InChI=1S/C13H19BrN2OS.ClH/c1-16(8-11-7-10(14)9-18-11)12(17)13(15)5-3-2-4-6-13;/h7,9H,2-6,8,15H2,1H3;1H. The smallest absolute Gasteiger partial charge is 0.242 e. The molecule has 1 heterocycles. The number of hydrogen-bond donors (Lipinski definition) is 1. The van der Waals surface area contributed by atoms with E-state index in [2.05, 4.69) is 22.0 Å². The molecular formula is C13H20BrClN2OS. The Morgan fingerprint density at radius 1 is 1.47 bits per heavy atom. The van der Waals surface area contributed by atoms with Crippen LogP contribution in [0.15, 0.2) is 15.9 Å². The number of likely N-dealkylation sites (N-methyl/N-ethyl adjacent to an activating group) is 1. The number of nitrogens with two attached hydrogens (primary N) is 1. The quantitative estimate of drug-likeness (QED) is 0.888. The van der Waals surface area contributed by atoms with Crippen LogP contribution in [0.4, 0.5) is 0 Å². The number of nitrogens with zero attached hydrogens (tertiary/aromatic N) is 1. The molecule has 2 N–H and O–H groups in total. The number of halogens is 2. The first-order chi connectivity index (χ1) is 8.51. The summed E-state index contributed by atoms with van der Waals surface area (Å²) in [6, 6.07) is 2.05. The second kappa shape index (κ2) is 7.07. The second-order valence-corrected chi connectivity index (χ2v) is 7.02. The second-order valence-electron chi connectivity index (χ2n) is 5.11. The van der Waals surface area contributed by atoms with Crippen LogP contribution in [-0.4, -0.2) is 23.4 Å². The fourth-order valence-electron chi connectivity index (χ4n) is 2.52. The Balaban J connectivity index is 0.00000180. The van der Waals surface area contributed by atoms with Crippen molar-refractivity contribution >= 4 is 45.6 Å². The van der Waals surface area contributed by atoms with Crippen LogP contribution in [-0.2, 0) is 11.3 Å². The van der Waals surface area contributed by atoms with E-state index in [0.717, 1.165) is 30.2 Å². The third-order valence-corrected chi connectivity index (χ3v) is 5.22. The molecule has 0 spiro atoms. The molecule has 6 heteroatoms. The minimum atomic E-state index is -0.624. The summed E-state index contributed by atoms with van der Waals surface area (Å²) in [6.07, 6.45) is 4.99. The number of carbonyl (C=O) groups is 1. The molecule has 108 valence electrons. The lowest BCUT2D eigenvalue weighted by atomic mass is 9.81. The van der Waals surface area contributed by atoms with Crippen LogP contribution in [0.2, 0.25) is 0 Å². The van der Waals surface area contributed by atoms with E-state index in [1.165, 1.54) is 11.3 Å². The monoisotopic (exact) mass is 366 g/mol. The van der Waals surface area contributed by atoms with E-state index in [0.29, 0.717) is 6.54 Å². The average molecular weight is 368 g/mol. The summed E-state index contributed by atoms with van der Waals surface area (Å²) in [5, 5.41) is 2.03. The molecule has 1 aromatic rings. The molecule has 19 heavy (non-hydrogen) atoms. The van der Waals surface area contributed by atoms with Gasteiger partial charge in [0.2, 0.25) is 5.91 Å². The zero-order valence-electron chi connectivity index (χ0n) is 11.0. The SMILES string of the molecule is CN(Cc1cc(Br)cs1)C(=O)C1(N)CCCCC1.Cl. The predicted octanol–water partition coefficient (Wildman–Crippen LogP) is 3.55. The molecule has 0 aliphatic heterocycles. The minimum Gasteiger partial charge on any atom is -0.339 e. The van der Waals surface area contributed by atoms with Crippen LogP contribution in [0.5, 0.6) is 0 Å². The van der Waals surface area contributed by atoms with Gasteiger partial charge in [-0.15, -0.1) is 23.7 Å². The van der Waals surface area contributed by atoms with Crippen LogP contribution in [0, 0.1) is 0 Å². The number of carbonyl (C=O) groups excluding carboxylic acids is 1. The normalized spacial score (nSPS) is 17.6. The molecule has 1 aliphatic rings. The van der Waals surface area contributed by atoms with Crippen molar-refractivity contribution in [2.45, 2.75) is 44.2 Å². The van der Waals surface area contributed by atoms with Crippen LogP contribution >= 0.6 is 39.7 Å². The summed E-state index contributed by atoms with van der Waals surface area (Å²) in [5.41, 5.74) is 5.64. The average Bonchev–Trinajstić information content (AvgIpc) is 2.74. The Morgan fingerprint density at radius 2 is 2.11 bits per heavy atom. The predicted molar refractivity (Wildman–Crippen MR) is 85.7 cm³/mol. The van der Waals surface area contributed by atoms with Gasteiger partial charge in [-0.1, -0.05) is 19.3 Å².